The zero-order valence-electron chi connectivity index (χ0n) is 14.9. The highest BCUT2D eigenvalue weighted by molar-refractivity contribution is 5.62. The van der Waals surface area contributed by atoms with Gasteiger partial charge >= 0.3 is 5.69 Å². The first kappa shape index (κ1) is 17.5. The molecule has 2 aromatic carbocycles. The van der Waals surface area contributed by atoms with Gasteiger partial charge in [-0.15, -0.1) is 0 Å². The number of benzene rings is 2. The summed E-state index contributed by atoms with van der Waals surface area (Å²) in [6.45, 7) is 2.83. The van der Waals surface area contributed by atoms with Gasteiger partial charge in [0.1, 0.15) is 11.5 Å². The summed E-state index contributed by atoms with van der Waals surface area (Å²) >= 11 is 0. The van der Waals surface area contributed by atoms with Crippen LogP contribution in [0.3, 0.4) is 0 Å². The van der Waals surface area contributed by atoms with Crippen LogP contribution in [0.2, 0.25) is 0 Å². The van der Waals surface area contributed by atoms with E-state index in [0.29, 0.717) is 18.8 Å². The fourth-order valence-corrected chi connectivity index (χ4v) is 3.03. The zero-order valence-corrected chi connectivity index (χ0v) is 14.9. The van der Waals surface area contributed by atoms with E-state index in [2.05, 4.69) is 11.1 Å². The minimum atomic E-state index is -0.510. The molecule has 0 aliphatic rings. The van der Waals surface area contributed by atoms with Gasteiger partial charge in [0.2, 0.25) is 0 Å². The minimum Gasteiger partial charge on any atom is -0.383 e. The molecular formula is C20H22N4O2. The normalized spacial score (nSPS) is 10.7. The van der Waals surface area contributed by atoms with Gasteiger partial charge in [0.05, 0.1) is 6.54 Å². The van der Waals surface area contributed by atoms with Crippen LogP contribution in [0.5, 0.6) is 0 Å². The van der Waals surface area contributed by atoms with Crippen LogP contribution in [0, 0.1) is 6.92 Å². The van der Waals surface area contributed by atoms with E-state index in [-0.39, 0.29) is 5.82 Å². The molecule has 3 N–H and O–H groups in total. The van der Waals surface area contributed by atoms with Crippen molar-refractivity contribution >= 4 is 11.5 Å². The molecule has 0 aliphatic heterocycles. The van der Waals surface area contributed by atoms with Crippen LogP contribution in [0.4, 0.5) is 11.5 Å². The Hall–Kier alpha value is -3.28. The van der Waals surface area contributed by atoms with Crippen molar-refractivity contribution in [1.29, 1.82) is 0 Å². The average molecular weight is 350 g/mol. The van der Waals surface area contributed by atoms with Gasteiger partial charge in [0.15, 0.2) is 0 Å². The van der Waals surface area contributed by atoms with E-state index in [0.717, 1.165) is 16.7 Å². The van der Waals surface area contributed by atoms with E-state index in [1.165, 1.54) is 4.57 Å². The number of hydrogen-bond acceptors (Lipinski definition) is 4. The molecule has 0 aliphatic carbocycles. The fraction of sp³-hybridized carbons (Fsp3) is 0.200. The third-order valence-electron chi connectivity index (χ3n) is 4.28. The van der Waals surface area contributed by atoms with Gasteiger partial charge in [0, 0.05) is 13.6 Å². The number of nitrogens with two attached hydrogens (primary N) is 1. The highest BCUT2D eigenvalue weighted by atomic mass is 16.2. The fourth-order valence-electron chi connectivity index (χ4n) is 3.03. The van der Waals surface area contributed by atoms with Crippen LogP contribution in [-0.2, 0) is 13.1 Å². The predicted molar refractivity (Wildman–Crippen MR) is 105 cm³/mol. The van der Waals surface area contributed by atoms with Gasteiger partial charge in [-0.2, -0.15) is 0 Å². The molecule has 0 fully saturated rings. The number of aryl methyl sites for hydroxylation is 1. The van der Waals surface area contributed by atoms with Crippen LogP contribution in [0.1, 0.15) is 16.7 Å². The Labute approximate surface area is 151 Å². The highest BCUT2D eigenvalue weighted by Gasteiger charge is 2.16. The Balaban J connectivity index is 1.97. The second kappa shape index (κ2) is 7.31. The van der Waals surface area contributed by atoms with Crippen LogP contribution < -0.4 is 21.9 Å². The summed E-state index contributed by atoms with van der Waals surface area (Å²) in [6, 6.07) is 17.6. The second-order valence-electron chi connectivity index (χ2n) is 6.41. The summed E-state index contributed by atoms with van der Waals surface area (Å²) in [6.07, 6.45) is 0. The van der Waals surface area contributed by atoms with Crippen LogP contribution in [0.15, 0.2) is 64.2 Å². The van der Waals surface area contributed by atoms with E-state index < -0.39 is 11.2 Å². The highest BCUT2D eigenvalue weighted by Crippen LogP contribution is 2.18. The van der Waals surface area contributed by atoms with Crippen LogP contribution >= 0.6 is 0 Å². The quantitative estimate of drug-likeness (QED) is 0.738. The lowest BCUT2D eigenvalue weighted by Gasteiger charge is -2.22. The smallest absolute Gasteiger partial charge is 0.330 e. The van der Waals surface area contributed by atoms with Crippen molar-refractivity contribution in [2.24, 2.45) is 0 Å². The molecule has 134 valence electrons. The Bertz CT molecular complexity index is 1020. The minimum absolute atomic E-state index is 0.165. The Morgan fingerprint density at radius 1 is 1.04 bits per heavy atom. The molecular weight excluding hydrogens is 328 g/mol. The maximum Gasteiger partial charge on any atom is 0.330 e. The first-order valence-corrected chi connectivity index (χ1v) is 8.39. The van der Waals surface area contributed by atoms with E-state index >= 15 is 0 Å². The van der Waals surface area contributed by atoms with E-state index in [9.17, 15) is 9.59 Å². The summed E-state index contributed by atoms with van der Waals surface area (Å²) in [5.41, 5.74) is 8.66. The molecule has 6 heteroatoms. The number of rotatable bonds is 5. The lowest BCUT2D eigenvalue weighted by Crippen LogP contribution is -2.37. The molecule has 0 saturated heterocycles. The van der Waals surface area contributed by atoms with Crippen molar-refractivity contribution in [3.8, 4) is 0 Å². The lowest BCUT2D eigenvalue weighted by molar-refractivity contribution is 0.725. The number of nitrogens with one attached hydrogen (secondary N) is 1. The first-order valence-electron chi connectivity index (χ1n) is 8.39. The lowest BCUT2D eigenvalue weighted by atomic mass is 10.1. The topological polar surface area (TPSA) is 84.1 Å². The van der Waals surface area contributed by atoms with Crippen LogP contribution in [-0.4, -0.2) is 16.6 Å². The van der Waals surface area contributed by atoms with Crippen molar-refractivity contribution in [3.05, 3.63) is 92.1 Å². The van der Waals surface area contributed by atoms with Crippen molar-refractivity contribution in [2.45, 2.75) is 20.0 Å². The monoisotopic (exact) mass is 350 g/mol. The van der Waals surface area contributed by atoms with Gasteiger partial charge in [-0.1, -0.05) is 60.2 Å². The number of hydrogen-bond donors (Lipinski definition) is 2. The molecule has 6 nitrogen and oxygen atoms in total. The molecule has 0 unspecified atom stereocenters. The summed E-state index contributed by atoms with van der Waals surface area (Å²) in [5.74, 6) is 0.165. The van der Waals surface area contributed by atoms with Gasteiger partial charge in [0.25, 0.3) is 5.56 Å². The van der Waals surface area contributed by atoms with Crippen molar-refractivity contribution in [2.75, 3.05) is 17.7 Å². The van der Waals surface area contributed by atoms with E-state index in [4.69, 9.17) is 5.73 Å². The van der Waals surface area contributed by atoms with E-state index in [1.54, 1.807) is 11.9 Å². The summed E-state index contributed by atoms with van der Waals surface area (Å²) in [5, 5.41) is 0. The third kappa shape index (κ3) is 3.69. The molecule has 3 aromatic rings. The Kier molecular flexibility index (Phi) is 4.93. The number of aromatic nitrogens is 2. The largest absolute Gasteiger partial charge is 0.383 e. The van der Waals surface area contributed by atoms with Gasteiger partial charge < -0.3 is 10.6 Å². The molecule has 1 aromatic heterocycles. The molecule has 0 radical (unpaired) electrons. The van der Waals surface area contributed by atoms with Gasteiger partial charge in [-0.05, 0) is 18.1 Å². The maximum atomic E-state index is 12.4. The Morgan fingerprint density at radius 2 is 1.73 bits per heavy atom. The molecule has 26 heavy (non-hydrogen) atoms. The third-order valence-corrected chi connectivity index (χ3v) is 4.28. The molecule has 1 heterocycles. The molecule has 0 atom stereocenters. The summed E-state index contributed by atoms with van der Waals surface area (Å²) < 4.78 is 1.39. The van der Waals surface area contributed by atoms with Crippen LogP contribution in [0.25, 0.3) is 0 Å². The Morgan fingerprint density at radius 3 is 2.42 bits per heavy atom. The standard InChI is InChI=1S/C20H22N4O2/c1-14-7-6-10-16(11-14)12-23(2)17-18(21)24(20(26)22-19(17)25)13-15-8-4-3-5-9-15/h3-11H,12-13,21H2,1-2H3,(H,22,25,26). The molecule has 0 amide bonds. The number of aromatic amines is 1. The predicted octanol–water partition coefficient (Wildman–Crippen LogP) is 2.11. The number of nitrogen functional groups attached to an aromatic ring is 1. The summed E-state index contributed by atoms with van der Waals surface area (Å²) in [4.78, 5) is 28.8. The molecule has 0 spiro atoms. The molecule has 0 bridgehead atoms. The van der Waals surface area contributed by atoms with Gasteiger partial charge in [-0.25, -0.2) is 4.79 Å². The number of anilines is 2. The molecule has 3 rings (SSSR count). The molecule has 0 saturated carbocycles. The average Bonchev–Trinajstić information content (AvgIpc) is 2.59. The SMILES string of the molecule is Cc1cccc(CN(C)c2c(N)n(Cc3ccccc3)c(=O)[nH]c2=O)c1. The first-order chi connectivity index (χ1) is 12.5. The number of H-pyrrole nitrogens is 1. The van der Waals surface area contributed by atoms with Gasteiger partial charge in [-0.3, -0.25) is 14.3 Å². The zero-order chi connectivity index (χ0) is 18.7. The van der Waals surface area contributed by atoms with E-state index in [1.807, 2.05) is 55.5 Å². The van der Waals surface area contributed by atoms with Crippen molar-refractivity contribution < 1.29 is 0 Å². The maximum absolute atomic E-state index is 12.4. The van der Waals surface area contributed by atoms with Crippen molar-refractivity contribution in [3.63, 3.8) is 0 Å². The number of nitrogens with zero attached hydrogens (tertiary/aromatic N) is 2. The van der Waals surface area contributed by atoms with Crippen molar-refractivity contribution in [1.82, 2.24) is 9.55 Å². The second-order valence-corrected chi connectivity index (χ2v) is 6.41. The summed E-state index contributed by atoms with van der Waals surface area (Å²) in [7, 11) is 1.79.